The van der Waals surface area contributed by atoms with Crippen molar-refractivity contribution in [3.05, 3.63) is 33.7 Å². The first-order valence-electron chi connectivity index (χ1n) is 12.3. The molecule has 2 rings (SSSR count). The lowest BCUT2D eigenvalue weighted by atomic mass is 10.0. The van der Waals surface area contributed by atoms with Gasteiger partial charge in [-0.15, -0.1) is 23.5 Å². The number of hydrogen-bond acceptors (Lipinski definition) is 13. The van der Waals surface area contributed by atoms with Crippen LogP contribution in [0.15, 0.2) is 16.8 Å². The topological polar surface area (TPSA) is 261 Å². The normalized spacial score (nSPS) is 19.3. The van der Waals surface area contributed by atoms with Crippen LogP contribution in [0.2, 0.25) is 0 Å². The Balaban J connectivity index is 2.25. The minimum absolute atomic E-state index is 0.00588. The molecule has 2 amide bonds. The maximum Gasteiger partial charge on any atom is 0.322 e. The summed E-state index contributed by atoms with van der Waals surface area (Å²) >= 11 is 2.51. The standard InChI is InChI=1S/C22H32N6O10S2/c23-13(21(34)35)5-6-16(30)25-14(20(33)24-11-17(31)32)12-40-22(39-10-4-2-1-3-9-29)8-7-15(28(36)37)18-19(22)27-38-26-18/h7-8,13-15,29H,1-6,9-12,23H2,(H,24,33)(H,25,30)(H,31,32)(H,34,35)/t13-,14-,15?,22+/m0/s1. The van der Waals surface area contributed by atoms with Gasteiger partial charge in [-0.1, -0.05) is 18.0 Å². The van der Waals surface area contributed by atoms with E-state index in [1.54, 1.807) is 6.08 Å². The van der Waals surface area contributed by atoms with Crippen LogP contribution >= 0.6 is 23.5 Å². The molecule has 1 aliphatic carbocycles. The summed E-state index contributed by atoms with van der Waals surface area (Å²) in [6, 6.07) is -3.81. The molecule has 0 saturated carbocycles. The van der Waals surface area contributed by atoms with Crippen molar-refractivity contribution in [3.63, 3.8) is 0 Å². The maximum atomic E-state index is 12.8. The molecule has 0 aromatic carbocycles. The summed E-state index contributed by atoms with van der Waals surface area (Å²) in [6.45, 7) is -0.611. The largest absolute Gasteiger partial charge is 0.480 e. The molecule has 1 unspecified atom stereocenters. The highest BCUT2D eigenvalue weighted by Crippen LogP contribution is 2.52. The highest BCUT2D eigenvalue weighted by Gasteiger charge is 2.46. The van der Waals surface area contributed by atoms with Crippen LogP contribution in [-0.4, -0.2) is 91.1 Å². The Bertz CT molecular complexity index is 1090. The number of nitrogens with zero attached hydrogens (tertiary/aromatic N) is 3. The second-order valence-corrected chi connectivity index (χ2v) is 11.6. The molecular formula is C22H32N6O10S2. The zero-order chi connectivity index (χ0) is 29.7. The number of carboxylic acids is 2. The van der Waals surface area contributed by atoms with Crippen molar-refractivity contribution in [2.24, 2.45) is 5.73 Å². The number of aliphatic carboxylic acids is 2. The number of unbranched alkanes of at least 4 members (excludes halogenated alkanes) is 3. The minimum atomic E-state index is -1.30. The van der Waals surface area contributed by atoms with Crippen molar-refractivity contribution in [1.29, 1.82) is 0 Å². The maximum absolute atomic E-state index is 12.8. The van der Waals surface area contributed by atoms with Gasteiger partial charge in [-0.3, -0.25) is 29.3 Å². The number of carbonyl (C=O) groups is 4. The molecule has 1 aromatic rings. The number of aliphatic hydroxyl groups excluding tert-OH is 1. The van der Waals surface area contributed by atoms with E-state index in [-0.39, 0.29) is 36.6 Å². The van der Waals surface area contributed by atoms with Crippen LogP contribution in [-0.2, 0) is 23.3 Å². The van der Waals surface area contributed by atoms with Crippen LogP contribution in [0.25, 0.3) is 0 Å². The fraction of sp³-hybridized carbons (Fsp3) is 0.636. The van der Waals surface area contributed by atoms with E-state index in [2.05, 4.69) is 20.9 Å². The average molecular weight is 605 g/mol. The number of carbonyl (C=O) groups excluding carboxylic acids is 2. The lowest BCUT2D eigenvalue weighted by Gasteiger charge is -2.32. The number of amides is 2. The summed E-state index contributed by atoms with van der Waals surface area (Å²) in [5.41, 5.74) is 5.63. The molecule has 7 N–H and O–H groups in total. The number of nitrogens with one attached hydrogen (secondary N) is 2. The summed E-state index contributed by atoms with van der Waals surface area (Å²) in [6.07, 6.45) is 5.51. The van der Waals surface area contributed by atoms with E-state index in [0.29, 0.717) is 12.2 Å². The van der Waals surface area contributed by atoms with Crippen LogP contribution in [0.4, 0.5) is 0 Å². The number of nitro groups is 1. The van der Waals surface area contributed by atoms with Gasteiger partial charge in [0.15, 0.2) is 5.69 Å². The zero-order valence-corrected chi connectivity index (χ0v) is 23.0. The van der Waals surface area contributed by atoms with Crippen molar-refractivity contribution in [1.82, 2.24) is 20.9 Å². The van der Waals surface area contributed by atoms with Crippen molar-refractivity contribution in [2.75, 3.05) is 24.7 Å². The van der Waals surface area contributed by atoms with Gasteiger partial charge in [0.2, 0.25) is 11.8 Å². The number of rotatable bonds is 19. The first-order chi connectivity index (χ1) is 19.0. The third-order valence-electron chi connectivity index (χ3n) is 5.75. The molecule has 0 spiro atoms. The van der Waals surface area contributed by atoms with E-state index in [4.69, 9.17) is 25.7 Å². The Morgan fingerprint density at radius 3 is 2.55 bits per heavy atom. The van der Waals surface area contributed by atoms with E-state index < -0.39 is 57.4 Å². The second-order valence-electron chi connectivity index (χ2n) is 8.77. The molecule has 0 fully saturated rings. The molecule has 0 saturated heterocycles. The molecule has 0 radical (unpaired) electrons. The number of hydrogen-bond donors (Lipinski definition) is 6. The lowest BCUT2D eigenvalue weighted by molar-refractivity contribution is -0.516. The van der Waals surface area contributed by atoms with Crippen LogP contribution in [0.3, 0.4) is 0 Å². The highest BCUT2D eigenvalue weighted by atomic mass is 32.2. The number of fused-ring (bicyclic) bond motifs is 1. The minimum Gasteiger partial charge on any atom is -0.480 e. The number of aliphatic hydroxyl groups is 1. The van der Waals surface area contributed by atoms with Crippen molar-refractivity contribution in [3.8, 4) is 0 Å². The fourth-order valence-corrected chi connectivity index (χ4v) is 6.60. The van der Waals surface area contributed by atoms with Crippen molar-refractivity contribution in [2.45, 2.75) is 60.7 Å². The molecule has 1 aliphatic rings. The van der Waals surface area contributed by atoms with Crippen molar-refractivity contribution < 1.29 is 44.1 Å². The number of thioether (sulfide) groups is 2. The molecule has 4 atom stereocenters. The van der Waals surface area contributed by atoms with Gasteiger partial charge >= 0.3 is 11.9 Å². The third kappa shape index (κ3) is 9.76. The predicted molar refractivity (Wildman–Crippen MR) is 143 cm³/mol. The van der Waals surface area contributed by atoms with Gasteiger partial charge in [0, 0.05) is 23.7 Å². The summed E-state index contributed by atoms with van der Waals surface area (Å²) < 4.78 is 3.76. The van der Waals surface area contributed by atoms with Crippen LogP contribution in [0.5, 0.6) is 0 Å². The van der Waals surface area contributed by atoms with E-state index in [9.17, 15) is 29.3 Å². The molecule has 0 bridgehead atoms. The summed E-state index contributed by atoms with van der Waals surface area (Å²) in [5, 5.41) is 50.8. The monoisotopic (exact) mass is 604 g/mol. The molecule has 16 nitrogen and oxygen atoms in total. The van der Waals surface area contributed by atoms with Gasteiger partial charge in [0.25, 0.3) is 6.04 Å². The Morgan fingerprint density at radius 2 is 1.90 bits per heavy atom. The summed E-state index contributed by atoms with van der Waals surface area (Å²) in [5.74, 6) is -3.59. The first-order valence-corrected chi connectivity index (χ1v) is 14.3. The molecule has 1 aromatic heterocycles. The van der Waals surface area contributed by atoms with Crippen LogP contribution < -0.4 is 16.4 Å². The van der Waals surface area contributed by atoms with E-state index in [1.807, 2.05) is 0 Å². The smallest absolute Gasteiger partial charge is 0.322 e. The average Bonchev–Trinajstić information content (AvgIpc) is 3.41. The zero-order valence-electron chi connectivity index (χ0n) is 21.4. The molecular weight excluding hydrogens is 572 g/mol. The van der Waals surface area contributed by atoms with Crippen LogP contribution in [0, 0.1) is 10.1 Å². The number of nitrogens with two attached hydrogens (primary N) is 1. The van der Waals surface area contributed by atoms with Crippen LogP contribution in [0.1, 0.15) is 56.0 Å². The van der Waals surface area contributed by atoms with Gasteiger partial charge in [0.05, 0.1) is 0 Å². The van der Waals surface area contributed by atoms with E-state index >= 15 is 0 Å². The van der Waals surface area contributed by atoms with Gasteiger partial charge < -0.3 is 31.7 Å². The Hall–Kier alpha value is -3.22. The Kier molecular flexibility index (Phi) is 13.3. The quantitative estimate of drug-likeness (QED) is 0.0399. The first kappa shape index (κ1) is 33.0. The summed E-state index contributed by atoms with van der Waals surface area (Å²) in [4.78, 5) is 58.2. The van der Waals surface area contributed by atoms with E-state index in [0.717, 1.165) is 31.0 Å². The van der Waals surface area contributed by atoms with Gasteiger partial charge in [0.1, 0.15) is 28.4 Å². The Labute approximate surface area is 237 Å². The lowest BCUT2D eigenvalue weighted by Crippen LogP contribution is -2.50. The molecule has 0 aliphatic heterocycles. The fourth-order valence-electron chi connectivity index (χ4n) is 3.61. The van der Waals surface area contributed by atoms with Crippen molar-refractivity contribution >= 4 is 47.3 Å². The molecule has 40 heavy (non-hydrogen) atoms. The number of carboxylic acid groups (broad SMARTS) is 2. The van der Waals surface area contributed by atoms with Gasteiger partial charge in [-0.25, -0.2) is 4.63 Å². The molecule has 18 heteroatoms. The van der Waals surface area contributed by atoms with Gasteiger partial charge in [-0.2, -0.15) is 0 Å². The molecule has 1 heterocycles. The Morgan fingerprint density at radius 1 is 1.18 bits per heavy atom. The second kappa shape index (κ2) is 16.1. The number of aromatic nitrogens is 2. The third-order valence-corrected chi connectivity index (χ3v) is 8.96. The summed E-state index contributed by atoms with van der Waals surface area (Å²) in [7, 11) is 0. The van der Waals surface area contributed by atoms with E-state index in [1.165, 1.54) is 17.8 Å². The SMILES string of the molecule is N[C@@H](CCC(=O)N[C@@H](CS[C@]1(SCCCCCCO)C=CC([N+](=O)[O-])c2nonc21)C(=O)NCC(=O)O)C(=O)O. The highest BCUT2D eigenvalue weighted by molar-refractivity contribution is 8.17. The van der Waals surface area contributed by atoms with Gasteiger partial charge in [-0.05, 0) is 42.3 Å². The molecule has 222 valence electrons. The predicted octanol–water partition coefficient (Wildman–Crippen LogP) is 0.00680.